The van der Waals surface area contributed by atoms with Crippen molar-refractivity contribution in [1.82, 2.24) is 17.8 Å². The minimum Gasteiger partial charge on any atom is -0.379 e. The van der Waals surface area contributed by atoms with E-state index in [-0.39, 0.29) is 0 Å². The summed E-state index contributed by atoms with van der Waals surface area (Å²) in [5.41, 5.74) is 0. The van der Waals surface area contributed by atoms with Crippen LogP contribution in [0.4, 0.5) is 0 Å². The van der Waals surface area contributed by atoms with E-state index in [4.69, 9.17) is 0 Å². The van der Waals surface area contributed by atoms with E-state index < -0.39 is 0 Å². The van der Waals surface area contributed by atoms with Gasteiger partial charge in [0.1, 0.15) is 0 Å². The van der Waals surface area contributed by atoms with Crippen molar-refractivity contribution in [1.29, 1.82) is 0 Å². The lowest BCUT2D eigenvalue weighted by atomic mass is 10.1. The average molecular weight is 380 g/mol. The van der Waals surface area contributed by atoms with Crippen LogP contribution >= 0.6 is 22.9 Å². The molecule has 1 fully saturated rings. The zero-order chi connectivity index (χ0) is 14.3. The monoisotopic (exact) mass is 380 g/mol. The highest BCUT2D eigenvalue weighted by Crippen LogP contribution is 2.17. The normalized spacial score (nSPS) is 18.4. The molecule has 0 amide bonds. The Morgan fingerprint density at radius 2 is 1.68 bits per heavy atom. The molecule has 5 heteroatoms. The molecule has 0 atom stereocenters. The summed E-state index contributed by atoms with van der Waals surface area (Å²) in [4.78, 5) is 6.90. The van der Waals surface area contributed by atoms with Crippen molar-refractivity contribution >= 4 is 22.9 Å². The van der Waals surface area contributed by atoms with Crippen molar-refractivity contribution in [3.05, 3.63) is 12.4 Å². The summed E-state index contributed by atoms with van der Waals surface area (Å²) < 4.78 is 2.39. The highest BCUT2D eigenvalue weighted by molar-refractivity contribution is 14.1. The third-order valence-electron chi connectivity index (χ3n) is 3.66. The van der Waals surface area contributed by atoms with Crippen molar-refractivity contribution in [3.8, 4) is 0 Å². The first kappa shape index (κ1) is 17.0. The van der Waals surface area contributed by atoms with Gasteiger partial charge in [-0.15, -0.1) is 0 Å². The second-order valence-corrected chi connectivity index (χ2v) is 7.11. The van der Waals surface area contributed by atoms with Gasteiger partial charge in [0, 0.05) is 75.0 Å². The molecule has 1 rings (SSSR count). The van der Waals surface area contributed by atoms with Crippen LogP contribution in [0.15, 0.2) is 12.4 Å². The molecule has 112 valence electrons. The molecule has 1 heterocycles. The van der Waals surface area contributed by atoms with Crippen molar-refractivity contribution in [2.75, 3.05) is 54.4 Å². The van der Waals surface area contributed by atoms with Gasteiger partial charge in [0.15, 0.2) is 0 Å². The number of rotatable bonds is 7. The lowest BCUT2D eigenvalue weighted by molar-refractivity contribution is 0.229. The summed E-state index contributed by atoms with van der Waals surface area (Å²) in [5, 5.41) is 0. The fraction of sp³-hybridized carbons (Fsp3) is 0.857. The van der Waals surface area contributed by atoms with Gasteiger partial charge in [-0.1, -0.05) is 0 Å². The van der Waals surface area contributed by atoms with Gasteiger partial charge < -0.3 is 14.7 Å². The second-order valence-electron chi connectivity index (χ2n) is 5.74. The maximum atomic E-state index is 2.43. The molecule has 1 aliphatic heterocycles. The molecular weight excluding hydrogens is 351 g/mol. The third-order valence-corrected chi connectivity index (χ3v) is 4.62. The molecule has 1 saturated heterocycles. The van der Waals surface area contributed by atoms with Gasteiger partial charge in [0.25, 0.3) is 0 Å². The van der Waals surface area contributed by atoms with Crippen LogP contribution in [0.2, 0.25) is 0 Å². The minimum atomic E-state index is 0.706. The van der Waals surface area contributed by atoms with Gasteiger partial charge in [-0.25, -0.2) is 3.11 Å². The van der Waals surface area contributed by atoms with Crippen LogP contribution in [0, 0.1) is 0 Å². The quantitative estimate of drug-likeness (QED) is 0.495. The largest absolute Gasteiger partial charge is 0.379 e. The van der Waals surface area contributed by atoms with E-state index in [2.05, 4.69) is 81.3 Å². The summed E-state index contributed by atoms with van der Waals surface area (Å²) in [6, 6.07) is 0.706. The van der Waals surface area contributed by atoms with E-state index >= 15 is 0 Å². The zero-order valence-corrected chi connectivity index (χ0v) is 15.0. The first-order valence-electron chi connectivity index (χ1n) is 7.15. The van der Waals surface area contributed by atoms with E-state index in [9.17, 15) is 0 Å². The molecule has 0 saturated carbocycles. The summed E-state index contributed by atoms with van der Waals surface area (Å²) in [5.74, 6) is 0. The Morgan fingerprint density at radius 1 is 1.05 bits per heavy atom. The van der Waals surface area contributed by atoms with Crippen LogP contribution < -0.4 is 0 Å². The van der Waals surface area contributed by atoms with Crippen molar-refractivity contribution in [3.63, 3.8) is 0 Å². The molecular formula is C14H29IN4. The van der Waals surface area contributed by atoms with Crippen LogP contribution in [0.3, 0.4) is 0 Å². The molecule has 0 aromatic heterocycles. The summed E-state index contributed by atoms with van der Waals surface area (Å²) >= 11 is 2.43. The maximum Gasteiger partial charge on any atom is 0.0306 e. The van der Waals surface area contributed by atoms with Gasteiger partial charge in [0.05, 0.1) is 0 Å². The molecule has 0 spiro atoms. The molecule has 0 aromatic rings. The van der Waals surface area contributed by atoms with E-state index in [0.29, 0.717) is 6.04 Å². The molecule has 0 aliphatic carbocycles. The van der Waals surface area contributed by atoms with Crippen molar-refractivity contribution in [2.45, 2.75) is 25.3 Å². The number of nitrogens with zero attached hydrogens (tertiary/aromatic N) is 4. The first-order chi connectivity index (χ1) is 8.99. The fourth-order valence-corrected chi connectivity index (χ4v) is 2.85. The number of hydrogen-bond donors (Lipinski definition) is 0. The van der Waals surface area contributed by atoms with Gasteiger partial charge in [-0.2, -0.15) is 0 Å². The summed E-state index contributed by atoms with van der Waals surface area (Å²) in [6.07, 6.45) is 8.21. The minimum absolute atomic E-state index is 0.706. The van der Waals surface area contributed by atoms with E-state index in [1.165, 1.54) is 32.4 Å². The van der Waals surface area contributed by atoms with Gasteiger partial charge in [0.2, 0.25) is 0 Å². The van der Waals surface area contributed by atoms with E-state index in [1.54, 1.807) is 0 Å². The Hall–Kier alpha value is -0.0100. The molecule has 0 N–H and O–H groups in total. The molecule has 0 radical (unpaired) electrons. The Kier molecular flexibility index (Phi) is 8.09. The van der Waals surface area contributed by atoms with Crippen LogP contribution in [0.25, 0.3) is 0 Å². The van der Waals surface area contributed by atoms with Gasteiger partial charge in [-0.3, -0.25) is 0 Å². The summed E-state index contributed by atoms with van der Waals surface area (Å²) in [6.45, 7) is 4.70. The average Bonchev–Trinajstić information content (AvgIpc) is 2.36. The molecule has 1 aliphatic rings. The molecule has 0 bridgehead atoms. The number of halogens is 1. The topological polar surface area (TPSA) is 13.0 Å². The number of piperidine rings is 1. The number of hydrogen-bond acceptors (Lipinski definition) is 4. The second kappa shape index (κ2) is 9.02. The Labute approximate surface area is 132 Å². The van der Waals surface area contributed by atoms with E-state index in [1.807, 2.05) is 0 Å². The third kappa shape index (κ3) is 7.37. The zero-order valence-electron chi connectivity index (χ0n) is 12.8. The van der Waals surface area contributed by atoms with E-state index in [0.717, 1.165) is 13.1 Å². The molecule has 0 aromatic carbocycles. The molecule has 19 heavy (non-hydrogen) atoms. The predicted octanol–water partition coefficient (Wildman–Crippen LogP) is 2.09. The maximum absolute atomic E-state index is 2.43. The SMILES string of the molecule is CN(C)CCCN(C)/C=C/N(C)C1CCN(I)CC1. The smallest absolute Gasteiger partial charge is 0.0306 e. The lowest BCUT2D eigenvalue weighted by Gasteiger charge is -2.33. The van der Waals surface area contributed by atoms with Crippen molar-refractivity contribution in [2.24, 2.45) is 0 Å². The fourth-order valence-electron chi connectivity index (χ4n) is 2.29. The summed E-state index contributed by atoms with van der Waals surface area (Å²) in [7, 11) is 8.62. The Bertz CT molecular complexity index is 262. The van der Waals surface area contributed by atoms with Gasteiger partial charge >= 0.3 is 0 Å². The lowest BCUT2D eigenvalue weighted by Crippen LogP contribution is -2.37. The van der Waals surface area contributed by atoms with Crippen molar-refractivity contribution < 1.29 is 0 Å². The van der Waals surface area contributed by atoms with Crippen LogP contribution in [0.1, 0.15) is 19.3 Å². The van der Waals surface area contributed by atoms with Gasteiger partial charge in [-0.05, 0) is 39.9 Å². The first-order valence-corrected chi connectivity index (χ1v) is 8.11. The Morgan fingerprint density at radius 3 is 2.26 bits per heavy atom. The standard InChI is InChI=1S/C14H29IN4/c1-16(2)8-5-9-17(3)12-13-18(4)14-6-10-19(15)11-7-14/h12-14H,5-11H2,1-4H3/b13-12+. The Balaban J connectivity index is 2.22. The highest BCUT2D eigenvalue weighted by atomic mass is 127. The van der Waals surface area contributed by atoms with Crippen LogP contribution in [-0.2, 0) is 0 Å². The highest BCUT2D eigenvalue weighted by Gasteiger charge is 2.19. The molecule has 0 unspecified atom stereocenters. The molecule has 4 nitrogen and oxygen atoms in total. The van der Waals surface area contributed by atoms with Crippen LogP contribution in [0.5, 0.6) is 0 Å². The predicted molar refractivity (Wildman–Crippen MR) is 91.3 cm³/mol. The van der Waals surface area contributed by atoms with Crippen LogP contribution in [-0.4, -0.2) is 78.2 Å².